The maximum absolute atomic E-state index is 11.8. The molecule has 0 unspecified atom stereocenters. The average Bonchev–Trinajstić information content (AvgIpc) is 2.45. The number of carbonyl (C=O) groups is 1. The molecular weight excluding hydrogens is 278 g/mol. The molecule has 0 N–H and O–H groups in total. The third kappa shape index (κ3) is 5.80. The Labute approximate surface area is 125 Å². The van der Waals surface area contributed by atoms with Crippen molar-refractivity contribution in [1.82, 2.24) is 4.90 Å². The van der Waals surface area contributed by atoms with Gasteiger partial charge in [0.15, 0.2) is 6.10 Å². The fraction of sp³-hybridized carbons (Fsp3) is 0.533. The number of hydrogen-bond acceptors (Lipinski definition) is 4. The summed E-state index contributed by atoms with van der Waals surface area (Å²) in [6.45, 7) is 8.86. The maximum atomic E-state index is 11.8. The van der Waals surface area contributed by atoms with Crippen LogP contribution in [-0.2, 0) is 9.53 Å². The van der Waals surface area contributed by atoms with Crippen LogP contribution < -0.4 is 4.74 Å². The summed E-state index contributed by atoms with van der Waals surface area (Å²) in [5, 5.41) is 0.631. The normalized spacial score (nSPS) is 12.2. The second-order valence-corrected chi connectivity index (χ2v) is 4.84. The van der Waals surface area contributed by atoms with Crippen molar-refractivity contribution in [2.24, 2.45) is 0 Å². The molecule has 0 aliphatic heterocycles. The van der Waals surface area contributed by atoms with E-state index in [1.54, 1.807) is 31.2 Å². The summed E-state index contributed by atoms with van der Waals surface area (Å²) < 4.78 is 10.7. The number of esters is 1. The van der Waals surface area contributed by atoms with Gasteiger partial charge in [0, 0.05) is 11.6 Å². The predicted molar refractivity (Wildman–Crippen MR) is 80.3 cm³/mol. The van der Waals surface area contributed by atoms with E-state index in [0.29, 0.717) is 17.4 Å². The van der Waals surface area contributed by atoms with Crippen LogP contribution in [-0.4, -0.2) is 43.2 Å². The monoisotopic (exact) mass is 299 g/mol. The fourth-order valence-electron chi connectivity index (χ4n) is 1.70. The Hall–Kier alpha value is -1.26. The van der Waals surface area contributed by atoms with Crippen molar-refractivity contribution in [3.8, 4) is 5.75 Å². The summed E-state index contributed by atoms with van der Waals surface area (Å²) in [4.78, 5) is 14.0. The van der Waals surface area contributed by atoms with Crippen molar-refractivity contribution >= 4 is 17.6 Å². The Bertz CT molecular complexity index is 404. The third-order valence-electron chi connectivity index (χ3n) is 3.00. The maximum Gasteiger partial charge on any atom is 0.347 e. The number of ether oxygens (including phenoxy) is 2. The minimum atomic E-state index is -0.632. The number of halogens is 1. The highest BCUT2D eigenvalue weighted by atomic mass is 35.5. The smallest absolute Gasteiger partial charge is 0.347 e. The first-order valence-corrected chi connectivity index (χ1v) is 7.25. The van der Waals surface area contributed by atoms with Gasteiger partial charge in [-0.3, -0.25) is 0 Å². The highest BCUT2D eigenvalue weighted by molar-refractivity contribution is 6.30. The van der Waals surface area contributed by atoms with E-state index in [2.05, 4.69) is 18.7 Å². The topological polar surface area (TPSA) is 38.8 Å². The lowest BCUT2D eigenvalue weighted by Gasteiger charge is -2.19. The van der Waals surface area contributed by atoms with Gasteiger partial charge >= 0.3 is 5.97 Å². The zero-order valence-electron chi connectivity index (χ0n) is 12.3. The van der Waals surface area contributed by atoms with E-state index in [4.69, 9.17) is 21.1 Å². The largest absolute Gasteiger partial charge is 0.479 e. The third-order valence-corrected chi connectivity index (χ3v) is 3.26. The van der Waals surface area contributed by atoms with Gasteiger partial charge in [0.25, 0.3) is 0 Å². The number of benzene rings is 1. The molecule has 0 fully saturated rings. The molecule has 5 heteroatoms. The SMILES string of the molecule is CCN(CC)CCOC(=O)[C@@H](C)Oc1ccc(Cl)cc1. The lowest BCUT2D eigenvalue weighted by molar-refractivity contribution is -0.151. The van der Waals surface area contributed by atoms with Gasteiger partial charge in [-0.25, -0.2) is 4.79 Å². The summed E-state index contributed by atoms with van der Waals surface area (Å²) in [6.07, 6.45) is -0.632. The van der Waals surface area contributed by atoms with Gasteiger partial charge in [0.1, 0.15) is 12.4 Å². The number of carbonyl (C=O) groups excluding carboxylic acids is 1. The quantitative estimate of drug-likeness (QED) is 0.692. The first kappa shape index (κ1) is 16.8. The summed E-state index contributed by atoms with van der Waals surface area (Å²) in [7, 11) is 0. The average molecular weight is 300 g/mol. The van der Waals surface area contributed by atoms with Crippen molar-refractivity contribution in [2.45, 2.75) is 26.9 Å². The first-order valence-electron chi connectivity index (χ1n) is 6.88. The van der Waals surface area contributed by atoms with Gasteiger partial charge in [-0.15, -0.1) is 0 Å². The van der Waals surface area contributed by atoms with E-state index in [0.717, 1.165) is 19.6 Å². The molecule has 0 aromatic heterocycles. The lowest BCUT2D eigenvalue weighted by atomic mass is 10.3. The molecule has 4 nitrogen and oxygen atoms in total. The van der Waals surface area contributed by atoms with Crippen LogP contribution in [0.5, 0.6) is 5.75 Å². The lowest BCUT2D eigenvalue weighted by Crippen LogP contribution is -2.31. The molecule has 0 saturated heterocycles. The van der Waals surface area contributed by atoms with Gasteiger partial charge in [-0.05, 0) is 44.3 Å². The van der Waals surface area contributed by atoms with Crippen LogP contribution in [0.15, 0.2) is 24.3 Å². The molecule has 0 bridgehead atoms. The molecule has 1 aromatic carbocycles. The number of hydrogen-bond donors (Lipinski definition) is 0. The Morgan fingerprint density at radius 2 is 1.85 bits per heavy atom. The van der Waals surface area contributed by atoms with Crippen LogP contribution in [0.3, 0.4) is 0 Å². The molecule has 1 atom stereocenters. The Kier molecular flexibility index (Phi) is 7.41. The molecule has 0 aliphatic carbocycles. The molecule has 1 rings (SSSR count). The van der Waals surface area contributed by atoms with Crippen LogP contribution in [0.25, 0.3) is 0 Å². The van der Waals surface area contributed by atoms with E-state index in [1.807, 2.05) is 0 Å². The van der Waals surface area contributed by atoms with Crippen molar-refractivity contribution < 1.29 is 14.3 Å². The Morgan fingerprint density at radius 3 is 2.40 bits per heavy atom. The minimum Gasteiger partial charge on any atom is -0.479 e. The molecule has 0 amide bonds. The second kappa shape index (κ2) is 8.82. The highest BCUT2D eigenvalue weighted by Gasteiger charge is 2.16. The van der Waals surface area contributed by atoms with Gasteiger partial charge in [0.05, 0.1) is 0 Å². The number of rotatable bonds is 8. The number of likely N-dealkylation sites (N-methyl/N-ethyl adjacent to an activating group) is 1. The van der Waals surface area contributed by atoms with E-state index < -0.39 is 6.10 Å². The molecule has 112 valence electrons. The Balaban J connectivity index is 2.33. The van der Waals surface area contributed by atoms with Gasteiger partial charge in [-0.1, -0.05) is 25.4 Å². The van der Waals surface area contributed by atoms with Crippen LogP contribution in [0.1, 0.15) is 20.8 Å². The highest BCUT2D eigenvalue weighted by Crippen LogP contribution is 2.17. The zero-order chi connectivity index (χ0) is 15.0. The predicted octanol–water partition coefficient (Wildman–Crippen LogP) is 2.99. The first-order chi connectivity index (χ1) is 9.56. The number of nitrogens with zero attached hydrogens (tertiary/aromatic N) is 1. The molecule has 0 heterocycles. The van der Waals surface area contributed by atoms with Crippen LogP contribution in [0, 0.1) is 0 Å². The molecule has 0 radical (unpaired) electrons. The molecule has 20 heavy (non-hydrogen) atoms. The van der Waals surface area contributed by atoms with Crippen LogP contribution >= 0.6 is 11.6 Å². The summed E-state index contributed by atoms with van der Waals surface area (Å²) in [5.41, 5.74) is 0. The van der Waals surface area contributed by atoms with Crippen molar-refractivity contribution in [3.63, 3.8) is 0 Å². The molecule has 1 aromatic rings. The Morgan fingerprint density at radius 1 is 1.25 bits per heavy atom. The molecular formula is C15H22ClNO3. The summed E-state index contributed by atoms with van der Waals surface area (Å²) in [6, 6.07) is 6.88. The van der Waals surface area contributed by atoms with Gasteiger partial charge < -0.3 is 14.4 Å². The molecule has 0 saturated carbocycles. The van der Waals surface area contributed by atoms with E-state index in [9.17, 15) is 4.79 Å². The minimum absolute atomic E-state index is 0.355. The standard InChI is InChI=1S/C15H22ClNO3/c1-4-17(5-2)10-11-19-15(18)12(3)20-14-8-6-13(16)7-9-14/h6-9,12H,4-5,10-11H2,1-3H3/t12-/m1/s1. The molecule has 0 aliphatic rings. The summed E-state index contributed by atoms with van der Waals surface area (Å²) in [5.74, 6) is 0.245. The van der Waals surface area contributed by atoms with Crippen LogP contribution in [0.2, 0.25) is 5.02 Å². The van der Waals surface area contributed by atoms with E-state index in [1.165, 1.54) is 0 Å². The van der Waals surface area contributed by atoms with E-state index >= 15 is 0 Å². The van der Waals surface area contributed by atoms with Crippen molar-refractivity contribution in [2.75, 3.05) is 26.2 Å². The zero-order valence-corrected chi connectivity index (χ0v) is 13.0. The fourth-order valence-corrected chi connectivity index (χ4v) is 1.82. The van der Waals surface area contributed by atoms with Crippen molar-refractivity contribution in [3.05, 3.63) is 29.3 Å². The van der Waals surface area contributed by atoms with Gasteiger partial charge in [0.2, 0.25) is 0 Å². The van der Waals surface area contributed by atoms with E-state index in [-0.39, 0.29) is 5.97 Å². The summed E-state index contributed by atoms with van der Waals surface area (Å²) >= 11 is 5.78. The molecule has 0 spiro atoms. The van der Waals surface area contributed by atoms with Crippen molar-refractivity contribution in [1.29, 1.82) is 0 Å². The van der Waals surface area contributed by atoms with Crippen LogP contribution in [0.4, 0.5) is 0 Å². The second-order valence-electron chi connectivity index (χ2n) is 4.41. The van der Waals surface area contributed by atoms with Gasteiger partial charge in [-0.2, -0.15) is 0 Å².